The molecular weight excluding hydrogens is 388 g/mol. The molecule has 29 heavy (non-hydrogen) atoms. The molecule has 3 heterocycles. The van der Waals surface area contributed by atoms with Crippen molar-refractivity contribution >= 4 is 17.5 Å². The van der Waals surface area contributed by atoms with Crippen LogP contribution in [0.15, 0.2) is 40.6 Å². The highest BCUT2D eigenvalue weighted by Gasteiger charge is 2.20. The maximum absolute atomic E-state index is 12.9. The van der Waals surface area contributed by atoms with Gasteiger partial charge in [-0.25, -0.2) is 0 Å². The van der Waals surface area contributed by atoms with Gasteiger partial charge in [0.2, 0.25) is 0 Å². The van der Waals surface area contributed by atoms with Crippen LogP contribution in [-0.4, -0.2) is 44.6 Å². The van der Waals surface area contributed by atoms with Crippen LogP contribution in [0.4, 0.5) is 0 Å². The van der Waals surface area contributed by atoms with Crippen molar-refractivity contribution in [2.75, 3.05) is 19.5 Å². The fraction of sp³-hybridized carbons (Fsp3) is 0.381. The number of hydrogen-bond acceptors (Lipinski definition) is 6. The van der Waals surface area contributed by atoms with Gasteiger partial charge in [-0.05, 0) is 32.9 Å². The summed E-state index contributed by atoms with van der Waals surface area (Å²) in [5, 5.41) is 9.29. The summed E-state index contributed by atoms with van der Waals surface area (Å²) in [6, 6.07) is 3.82. The minimum absolute atomic E-state index is 0.0703. The number of ketones is 1. The maximum Gasteiger partial charge on any atom is 0.192 e. The molecule has 0 bridgehead atoms. The summed E-state index contributed by atoms with van der Waals surface area (Å²) in [7, 11) is 1.68. The van der Waals surface area contributed by atoms with Gasteiger partial charge in [0.05, 0.1) is 24.2 Å². The van der Waals surface area contributed by atoms with Crippen LogP contribution >= 0.6 is 11.8 Å². The lowest BCUT2D eigenvalue weighted by Crippen LogP contribution is -2.10. The van der Waals surface area contributed by atoms with Crippen molar-refractivity contribution in [3.63, 3.8) is 0 Å². The van der Waals surface area contributed by atoms with E-state index in [-0.39, 0.29) is 11.5 Å². The number of rotatable bonds is 10. The van der Waals surface area contributed by atoms with E-state index in [9.17, 15) is 4.79 Å². The van der Waals surface area contributed by atoms with Gasteiger partial charge >= 0.3 is 0 Å². The van der Waals surface area contributed by atoms with E-state index in [1.165, 1.54) is 11.8 Å². The Labute approximate surface area is 174 Å². The molecule has 3 rings (SSSR count). The Kier molecular flexibility index (Phi) is 6.76. The standard InChI is InChI=1S/C21H26N4O3S/c1-6-8-25-20(17-7-10-28-16(17)4)22-23-21(25)29-13-19(26)18-12-14(2)24(15(18)3)9-11-27-5/h6-7,10,12H,1,8-9,11,13H2,2-5H3. The molecule has 0 amide bonds. The number of carbonyl (C=O) groups excluding carboxylic acids is 1. The van der Waals surface area contributed by atoms with Gasteiger partial charge in [0.1, 0.15) is 5.76 Å². The first-order valence-corrected chi connectivity index (χ1v) is 10.4. The number of methoxy groups -OCH3 is 1. The van der Waals surface area contributed by atoms with Crippen LogP contribution in [0.5, 0.6) is 0 Å². The van der Waals surface area contributed by atoms with Crippen molar-refractivity contribution in [3.8, 4) is 11.4 Å². The van der Waals surface area contributed by atoms with Crippen molar-refractivity contribution in [2.24, 2.45) is 0 Å². The number of Topliss-reactive ketones (excluding diaryl/α,β-unsaturated/α-hetero) is 1. The fourth-order valence-corrected chi connectivity index (χ4v) is 4.15. The highest BCUT2D eigenvalue weighted by Crippen LogP contribution is 2.28. The first kappa shape index (κ1) is 21.1. The Morgan fingerprint density at radius 3 is 2.76 bits per heavy atom. The van der Waals surface area contributed by atoms with Gasteiger partial charge in [-0.1, -0.05) is 17.8 Å². The van der Waals surface area contributed by atoms with E-state index in [2.05, 4.69) is 21.3 Å². The Bertz CT molecular complexity index is 1020. The second-order valence-electron chi connectivity index (χ2n) is 6.74. The van der Waals surface area contributed by atoms with Gasteiger partial charge < -0.3 is 13.7 Å². The van der Waals surface area contributed by atoms with E-state index in [4.69, 9.17) is 9.15 Å². The molecule has 7 nitrogen and oxygen atoms in total. The lowest BCUT2D eigenvalue weighted by Gasteiger charge is -2.09. The number of aromatic nitrogens is 4. The van der Waals surface area contributed by atoms with Crippen molar-refractivity contribution in [2.45, 2.75) is 39.0 Å². The van der Waals surface area contributed by atoms with Gasteiger partial charge in [0.25, 0.3) is 0 Å². The fourth-order valence-electron chi connectivity index (χ4n) is 3.32. The third kappa shape index (κ3) is 4.38. The number of allylic oxidation sites excluding steroid dienone is 1. The molecule has 0 saturated carbocycles. The molecule has 0 spiro atoms. The molecule has 154 valence electrons. The molecule has 0 fully saturated rings. The zero-order chi connectivity index (χ0) is 21.0. The number of furan rings is 1. The van der Waals surface area contributed by atoms with Crippen LogP contribution in [0.25, 0.3) is 11.4 Å². The number of aryl methyl sites for hydroxylation is 2. The number of nitrogens with zero attached hydrogens (tertiary/aromatic N) is 4. The normalized spacial score (nSPS) is 11.2. The summed E-state index contributed by atoms with van der Waals surface area (Å²) in [6.45, 7) is 11.6. The zero-order valence-corrected chi connectivity index (χ0v) is 18.1. The third-order valence-electron chi connectivity index (χ3n) is 4.85. The largest absolute Gasteiger partial charge is 0.469 e. The molecule has 0 aliphatic carbocycles. The van der Waals surface area contributed by atoms with E-state index >= 15 is 0 Å². The summed E-state index contributed by atoms with van der Waals surface area (Å²) in [4.78, 5) is 12.9. The molecule has 0 aromatic carbocycles. The van der Waals surface area contributed by atoms with Crippen molar-refractivity contribution < 1.29 is 13.9 Å². The lowest BCUT2D eigenvalue weighted by molar-refractivity contribution is 0.102. The van der Waals surface area contributed by atoms with Gasteiger partial charge in [-0.15, -0.1) is 16.8 Å². The zero-order valence-electron chi connectivity index (χ0n) is 17.3. The van der Waals surface area contributed by atoms with Crippen LogP contribution in [-0.2, 0) is 17.8 Å². The molecule has 0 N–H and O–H groups in total. The Morgan fingerprint density at radius 1 is 1.31 bits per heavy atom. The molecule has 0 unspecified atom stereocenters. The predicted molar refractivity (Wildman–Crippen MR) is 113 cm³/mol. The monoisotopic (exact) mass is 414 g/mol. The van der Waals surface area contributed by atoms with Crippen molar-refractivity contribution in [1.29, 1.82) is 0 Å². The SMILES string of the molecule is C=CCn1c(SCC(=O)c2cc(C)n(CCOC)c2C)nnc1-c1ccoc1C. The highest BCUT2D eigenvalue weighted by molar-refractivity contribution is 7.99. The summed E-state index contributed by atoms with van der Waals surface area (Å²) in [5.74, 6) is 1.84. The van der Waals surface area contributed by atoms with E-state index in [1.807, 2.05) is 37.5 Å². The van der Waals surface area contributed by atoms with Crippen LogP contribution in [0.1, 0.15) is 27.5 Å². The molecular formula is C21H26N4O3S. The maximum atomic E-state index is 12.9. The molecule has 3 aromatic heterocycles. The molecule has 3 aromatic rings. The van der Waals surface area contributed by atoms with E-state index in [0.717, 1.165) is 34.8 Å². The molecule has 0 saturated heterocycles. The van der Waals surface area contributed by atoms with E-state index in [0.29, 0.717) is 24.1 Å². The van der Waals surface area contributed by atoms with E-state index < -0.39 is 0 Å². The summed E-state index contributed by atoms with van der Waals surface area (Å²) >= 11 is 1.38. The summed E-state index contributed by atoms with van der Waals surface area (Å²) in [5.41, 5.74) is 3.65. The van der Waals surface area contributed by atoms with Crippen molar-refractivity contribution in [1.82, 2.24) is 19.3 Å². The Morgan fingerprint density at radius 2 is 2.10 bits per heavy atom. The van der Waals surface area contributed by atoms with Gasteiger partial charge in [-0.2, -0.15) is 0 Å². The van der Waals surface area contributed by atoms with Gasteiger partial charge in [-0.3, -0.25) is 9.36 Å². The highest BCUT2D eigenvalue weighted by atomic mass is 32.2. The Hall–Kier alpha value is -2.58. The van der Waals surface area contributed by atoms with Crippen LogP contribution in [0, 0.1) is 20.8 Å². The molecule has 0 aliphatic heterocycles. The molecule has 0 aliphatic rings. The van der Waals surface area contributed by atoms with Crippen LogP contribution < -0.4 is 0 Å². The van der Waals surface area contributed by atoms with Gasteiger partial charge in [0.15, 0.2) is 16.8 Å². The summed E-state index contributed by atoms with van der Waals surface area (Å²) < 4.78 is 14.6. The minimum Gasteiger partial charge on any atom is -0.469 e. The number of ether oxygens (including phenoxy) is 1. The van der Waals surface area contributed by atoms with Crippen LogP contribution in [0.2, 0.25) is 0 Å². The number of hydrogen-bond donors (Lipinski definition) is 0. The third-order valence-corrected chi connectivity index (χ3v) is 5.82. The first-order valence-electron chi connectivity index (χ1n) is 9.38. The number of carbonyl (C=O) groups is 1. The van der Waals surface area contributed by atoms with Gasteiger partial charge in [0, 0.05) is 37.2 Å². The average molecular weight is 415 g/mol. The Balaban J connectivity index is 1.78. The summed E-state index contributed by atoms with van der Waals surface area (Å²) in [6.07, 6.45) is 3.42. The quantitative estimate of drug-likeness (QED) is 0.283. The first-order chi connectivity index (χ1) is 14.0. The topological polar surface area (TPSA) is 75.1 Å². The second-order valence-corrected chi connectivity index (χ2v) is 7.68. The smallest absolute Gasteiger partial charge is 0.192 e. The van der Waals surface area contributed by atoms with E-state index in [1.54, 1.807) is 19.4 Å². The number of thioether (sulfide) groups is 1. The predicted octanol–water partition coefficient (Wildman–Crippen LogP) is 4.07. The lowest BCUT2D eigenvalue weighted by atomic mass is 10.2. The molecule has 0 radical (unpaired) electrons. The van der Waals surface area contributed by atoms with Crippen LogP contribution in [0.3, 0.4) is 0 Å². The minimum atomic E-state index is 0.0703. The van der Waals surface area contributed by atoms with Crippen molar-refractivity contribution in [3.05, 3.63) is 53.8 Å². The second kappa shape index (κ2) is 9.28. The molecule has 0 atom stereocenters. The molecule has 8 heteroatoms. The average Bonchev–Trinajstić information content (AvgIpc) is 3.37.